The number of benzene rings is 2. The molecule has 115 valence electrons. The van der Waals surface area contributed by atoms with Crippen LogP contribution in [0, 0.1) is 11.7 Å². The van der Waals surface area contributed by atoms with E-state index in [2.05, 4.69) is 41.8 Å². The Hall–Kier alpha value is -1.61. The van der Waals surface area contributed by atoms with Crippen molar-refractivity contribution < 1.29 is 4.39 Å². The van der Waals surface area contributed by atoms with Gasteiger partial charge in [-0.05, 0) is 43.0 Å². The topological polar surface area (TPSA) is 3.24 Å². The first-order chi connectivity index (χ1) is 10.7. The molecule has 2 aromatic carbocycles. The first kappa shape index (κ1) is 15.3. The molecule has 0 saturated carbocycles. The molecule has 1 nitrogen and oxygen atoms in total. The summed E-state index contributed by atoms with van der Waals surface area (Å²) in [5.41, 5.74) is 1.16. The maximum absolute atomic E-state index is 13.1. The molecule has 1 heterocycles. The van der Waals surface area contributed by atoms with Crippen molar-refractivity contribution in [3.8, 4) is 0 Å². The fraction of sp³-hybridized carbons (Fsp3) is 0.368. The Labute approximate surface area is 134 Å². The van der Waals surface area contributed by atoms with Crippen molar-refractivity contribution in [3.05, 3.63) is 60.4 Å². The van der Waals surface area contributed by atoms with Gasteiger partial charge in [0.05, 0.1) is 8.80 Å². The van der Waals surface area contributed by atoms with Gasteiger partial charge < -0.3 is 4.90 Å². The minimum Gasteiger partial charge on any atom is -0.371 e. The van der Waals surface area contributed by atoms with Crippen molar-refractivity contribution in [2.45, 2.75) is 25.4 Å². The Morgan fingerprint density at radius 2 is 1.82 bits per heavy atom. The summed E-state index contributed by atoms with van der Waals surface area (Å²) in [6.45, 7) is 4.64. The smallest absolute Gasteiger partial charge is 0.123 e. The molecular formula is C19H23FNSi. The maximum atomic E-state index is 13.1. The Bertz CT molecular complexity index is 584. The van der Waals surface area contributed by atoms with E-state index in [9.17, 15) is 4.39 Å². The van der Waals surface area contributed by atoms with Gasteiger partial charge in [0.25, 0.3) is 0 Å². The fourth-order valence-electron chi connectivity index (χ4n) is 3.39. The standard InChI is InChI=1S/C19H23FNSi/c1-22(19-7-3-2-4-8-19)15-16-6-5-13-21(14-16)18-11-9-17(20)10-12-18/h2-4,7-12,16H,5-6,13-15H2,1H3. The summed E-state index contributed by atoms with van der Waals surface area (Å²) in [5, 5.41) is 1.53. The Balaban J connectivity index is 1.62. The summed E-state index contributed by atoms with van der Waals surface area (Å²) >= 11 is 0. The normalized spacial score (nSPS) is 18.7. The highest BCUT2D eigenvalue weighted by molar-refractivity contribution is 6.72. The Morgan fingerprint density at radius 3 is 2.55 bits per heavy atom. The number of hydrogen-bond donors (Lipinski definition) is 0. The molecule has 3 rings (SSSR count). The van der Waals surface area contributed by atoms with E-state index in [1.165, 1.54) is 24.1 Å². The maximum Gasteiger partial charge on any atom is 0.123 e. The molecular weight excluding hydrogens is 289 g/mol. The van der Waals surface area contributed by atoms with Crippen LogP contribution in [0.2, 0.25) is 12.6 Å². The number of halogens is 1. The van der Waals surface area contributed by atoms with Gasteiger partial charge in [0.15, 0.2) is 0 Å². The summed E-state index contributed by atoms with van der Waals surface area (Å²) in [6, 6.07) is 19.2. The van der Waals surface area contributed by atoms with E-state index in [0.717, 1.165) is 24.7 Å². The lowest BCUT2D eigenvalue weighted by Crippen LogP contribution is -2.38. The summed E-state index contributed by atoms with van der Waals surface area (Å²) < 4.78 is 13.1. The molecule has 1 fully saturated rings. The molecule has 1 saturated heterocycles. The molecule has 2 aromatic rings. The van der Waals surface area contributed by atoms with E-state index in [1.54, 1.807) is 12.1 Å². The van der Waals surface area contributed by atoms with E-state index in [0.29, 0.717) is 0 Å². The van der Waals surface area contributed by atoms with E-state index < -0.39 is 8.80 Å². The van der Waals surface area contributed by atoms with Crippen LogP contribution in [0.5, 0.6) is 0 Å². The van der Waals surface area contributed by atoms with Crippen LogP contribution >= 0.6 is 0 Å². The van der Waals surface area contributed by atoms with Gasteiger partial charge in [-0.15, -0.1) is 0 Å². The molecule has 0 spiro atoms. The van der Waals surface area contributed by atoms with Crippen LogP contribution in [0.4, 0.5) is 10.1 Å². The van der Waals surface area contributed by atoms with Gasteiger partial charge in [0.1, 0.15) is 5.82 Å². The average Bonchev–Trinajstić information content (AvgIpc) is 2.56. The summed E-state index contributed by atoms with van der Waals surface area (Å²) in [7, 11) is -0.464. The third-order valence-corrected chi connectivity index (χ3v) is 7.08. The summed E-state index contributed by atoms with van der Waals surface area (Å²) in [5.74, 6) is 0.610. The average molecular weight is 312 g/mol. The van der Waals surface area contributed by atoms with Crippen LogP contribution in [-0.4, -0.2) is 21.9 Å². The quantitative estimate of drug-likeness (QED) is 0.769. The second kappa shape index (κ2) is 7.10. The molecule has 0 aliphatic carbocycles. The van der Waals surface area contributed by atoms with Gasteiger partial charge in [-0.1, -0.05) is 48.1 Å². The highest BCUT2D eigenvalue weighted by Crippen LogP contribution is 2.26. The Morgan fingerprint density at radius 1 is 1.09 bits per heavy atom. The van der Waals surface area contributed by atoms with Crippen LogP contribution in [0.25, 0.3) is 0 Å². The molecule has 0 N–H and O–H groups in total. The van der Waals surface area contributed by atoms with Crippen molar-refractivity contribution in [2.24, 2.45) is 5.92 Å². The number of nitrogens with zero attached hydrogens (tertiary/aromatic N) is 1. The third-order valence-electron chi connectivity index (χ3n) is 4.57. The van der Waals surface area contributed by atoms with Crippen LogP contribution in [0.3, 0.4) is 0 Å². The molecule has 22 heavy (non-hydrogen) atoms. The van der Waals surface area contributed by atoms with Crippen molar-refractivity contribution in [3.63, 3.8) is 0 Å². The lowest BCUT2D eigenvalue weighted by Gasteiger charge is -2.35. The first-order valence-electron chi connectivity index (χ1n) is 8.11. The summed E-state index contributed by atoms with van der Waals surface area (Å²) in [6.07, 6.45) is 2.57. The molecule has 1 unspecified atom stereocenters. The van der Waals surface area contributed by atoms with E-state index >= 15 is 0 Å². The lowest BCUT2D eigenvalue weighted by atomic mass is 9.99. The molecule has 0 bridgehead atoms. The van der Waals surface area contributed by atoms with Gasteiger partial charge in [-0.3, -0.25) is 0 Å². The SMILES string of the molecule is C[Si](CC1CCCN(c2ccc(F)cc2)C1)c1ccccc1. The van der Waals surface area contributed by atoms with Crippen molar-refractivity contribution in [1.82, 2.24) is 0 Å². The fourth-order valence-corrected chi connectivity index (χ4v) is 5.59. The van der Waals surface area contributed by atoms with Gasteiger partial charge in [-0.2, -0.15) is 0 Å². The lowest BCUT2D eigenvalue weighted by molar-refractivity contribution is 0.444. The largest absolute Gasteiger partial charge is 0.371 e. The van der Waals surface area contributed by atoms with Crippen molar-refractivity contribution >= 4 is 19.7 Å². The number of anilines is 1. The van der Waals surface area contributed by atoms with Crippen molar-refractivity contribution in [2.75, 3.05) is 18.0 Å². The first-order valence-corrected chi connectivity index (χ1v) is 10.3. The molecule has 1 aliphatic rings. The van der Waals surface area contributed by atoms with Gasteiger partial charge in [0.2, 0.25) is 0 Å². The monoisotopic (exact) mass is 312 g/mol. The van der Waals surface area contributed by atoms with E-state index in [4.69, 9.17) is 0 Å². The van der Waals surface area contributed by atoms with Gasteiger partial charge >= 0.3 is 0 Å². The zero-order valence-corrected chi connectivity index (χ0v) is 14.1. The van der Waals surface area contributed by atoms with Gasteiger partial charge in [0, 0.05) is 18.8 Å². The van der Waals surface area contributed by atoms with E-state index in [1.807, 2.05) is 12.1 Å². The van der Waals surface area contributed by atoms with Crippen LogP contribution < -0.4 is 10.1 Å². The predicted octanol–water partition coefficient (Wildman–Crippen LogP) is 4.07. The molecule has 0 aromatic heterocycles. The second-order valence-electron chi connectivity index (χ2n) is 6.28. The third kappa shape index (κ3) is 3.77. The van der Waals surface area contributed by atoms with Crippen LogP contribution in [-0.2, 0) is 0 Å². The molecule has 3 heteroatoms. The van der Waals surface area contributed by atoms with Crippen molar-refractivity contribution in [1.29, 1.82) is 0 Å². The van der Waals surface area contributed by atoms with Crippen LogP contribution in [0.1, 0.15) is 12.8 Å². The zero-order chi connectivity index (χ0) is 15.4. The number of rotatable bonds is 4. The Kier molecular flexibility index (Phi) is 4.93. The number of piperidine rings is 1. The van der Waals surface area contributed by atoms with Gasteiger partial charge in [-0.25, -0.2) is 4.39 Å². The molecule has 1 atom stereocenters. The molecule has 1 aliphatic heterocycles. The predicted molar refractivity (Wildman–Crippen MR) is 93.8 cm³/mol. The second-order valence-corrected chi connectivity index (χ2v) is 8.83. The highest BCUT2D eigenvalue weighted by Gasteiger charge is 2.23. The molecule has 0 amide bonds. The number of hydrogen-bond acceptors (Lipinski definition) is 1. The molecule has 1 radical (unpaired) electrons. The van der Waals surface area contributed by atoms with E-state index in [-0.39, 0.29) is 5.82 Å². The minimum absolute atomic E-state index is 0.152. The zero-order valence-electron chi connectivity index (χ0n) is 13.1. The highest BCUT2D eigenvalue weighted by atomic mass is 28.3. The summed E-state index contributed by atoms with van der Waals surface area (Å²) in [4.78, 5) is 2.42. The van der Waals surface area contributed by atoms with Crippen LogP contribution in [0.15, 0.2) is 54.6 Å². The minimum atomic E-state index is -0.464.